The Hall–Kier alpha value is -1.79. The number of hydrogen-bond donors (Lipinski definition) is 10. The Bertz CT molecular complexity index is 1190. The van der Waals surface area contributed by atoms with E-state index in [9.17, 15) is 50.8 Å². The molecule has 54 heavy (non-hydrogen) atoms. The second kappa shape index (κ2) is 24.1. The number of aliphatic hydroxyl groups is 10. The molecule has 1 fully saturated rings. The van der Waals surface area contributed by atoms with Crippen molar-refractivity contribution in [1.29, 1.82) is 0 Å². The molecule has 0 aromatic heterocycles. The van der Waals surface area contributed by atoms with Gasteiger partial charge in [0.2, 0.25) is 0 Å². The molecule has 1 aliphatic heterocycles. The van der Waals surface area contributed by atoms with Crippen molar-refractivity contribution in [2.45, 2.75) is 156 Å². The monoisotopic (exact) mass is 776 g/mol. The smallest absolute Gasteiger partial charge is 0.333 e. The molecule has 1 saturated heterocycles. The molecule has 0 radical (unpaired) electrons. The molecule has 14 heteroatoms. The van der Waals surface area contributed by atoms with Crippen LogP contribution in [0, 0.1) is 35.5 Å². The Balaban J connectivity index is 3.11. The largest absolute Gasteiger partial charge is 0.459 e. The summed E-state index contributed by atoms with van der Waals surface area (Å²) in [5.74, 6) is -0.881. The van der Waals surface area contributed by atoms with Gasteiger partial charge in [-0.3, -0.25) is 0 Å². The normalized spacial score (nSPS) is 28.5. The number of rotatable bonds is 23. The number of ether oxygens (including phenoxy) is 3. The van der Waals surface area contributed by atoms with Gasteiger partial charge in [0.05, 0.1) is 31.5 Å². The maximum atomic E-state index is 12.5. The molecular formula is C40H72O14. The molecule has 17 unspecified atom stereocenters. The highest BCUT2D eigenvalue weighted by Crippen LogP contribution is 2.32. The predicted molar refractivity (Wildman–Crippen MR) is 202 cm³/mol. The summed E-state index contributed by atoms with van der Waals surface area (Å²) in [5.41, 5.74) is 1.34. The molecular weight excluding hydrogens is 704 g/mol. The predicted octanol–water partition coefficient (Wildman–Crippen LogP) is 1.36. The summed E-state index contributed by atoms with van der Waals surface area (Å²) in [6.07, 6.45) is -6.74. The fraction of sp³-hybridized carbons (Fsp3) is 0.825. The van der Waals surface area contributed by atoms with E-state index in [-0.39, 0.29) is 17.4 Å². The topological polar surface area (TPSA) is 247 Å². The summed E-state index contributed by atoms with van der Waals surface area (Å²) >= 11 is 0. The van der Waals surface area contributed by atoms with Crippen LogP contribution >= 0.6 is 0 Å². The summed E-state index contributed by atoms with van der Waals surface area (Å²) in [6.45, 7) is 17.2. The summed E-state index contributed by atoms with van der Waals surface area (Å²) in [7, 11) is 0. The zero-order valence-corrected chi connectivity index (χ0v) is 33.9. The van der Waals surface area contributed by atoms with Gasteiger partial charge in [-0.25, -0.2) is 4.79 Å². The Morgan fingerprint density at radius 1 is 0.722 bits per heavy atom. The van der Waals surface area contributed by atoms with Crippen molar-refractivity contribution in [1.82, 2.24) is 0 Å². The minimum absolute atomic E-state index is 0.142. The van der Waals surface area contributed by atoms with E-state index < -0.39 is 105 Å². The Kier molecular flexibility index (Phi) is 22.4. The van der Waals surface area contributed by atoms with Gasteiger partial charge in [-0.15, -0.1) is 0 Å². The summed E-state index contributed by atoms with van der Waals surface area (Å²) in [6, 6.07) is 0. The van der Waals surface area contributed by atoms with E-state index in [0.717, 1.165) is 12.8 Å². The zero-order valence-electron chi connectivity index (χ0n) is 33.9. The van der Waals surface area contributed by atoms with Crippen molar-refractivity contribution < 1.29 is 70.1 Å². The minimum Gasteiger partial charge on any atom is -0.459 e. The first-order valence-corrected chi connectivity index (χ1v) is 19.3. The van der Waals surface area contributed by atoms with Gasteiger partial charge in [0.25, 0.3) is 0 Å². The van der Waals surface area contributed by atoms with E-state index >= 15 is 0 Å². The van der Waals surface area contributed by atoms with Gasteiger partial charge in [0, 0.05) is 23.3 Å². The van der Waals surface area contributed by atoms with E-state index in [2.05, 4.69) is 27.7 Å². The van der Waals surface area contributed by atoms with Crippen LogP contribution in [0.25, 0.3) is 0 Å². The average molecular weight is 777 g/mol. The van der Waals surface area contributed by atoms with Crippen LogP contribution in [0.4, 0.5) is 0 Å². The van der Waals surface area contributed by atoms with Crippen molar-refractivity contribution in [2.24, 2.45) is 35.5 Å². The van der Waals surface area contributed by atoms with Crippen molar-refractivity contribution in [2.75, 3.05) is 19.8 Å². The van der Waals surface area contributed by atoms with Gasteiger partial charge in [-0.2, -0.15) is 0 Å². The lowest BCUT2D eigenvalue weighted by atomic mass is 9.82. The third-order valence-electron chi connectivity index (χ3n) is 10.9. The highest BCUT2D eigenvalue weighted by Gasteiger charge is 2.45. The van der Waals surface area contributed by atoms with Crippen LogP contribution < -0.4 is 0 Å². The van der Waals surface area contributed by atoms with E-state index in [1.807, 2.05) is 13.0 Å². The van der Waals surface area contributed by atoms with E-state index in [4.69, 9.17) is 19.3 Å². The van der Waals surface area contributed by atoms with Crippen molar-refractivity contribution >= 4 is 5.97 Å². The third kappa shape index (κ3) is 15.3. The van der Waals surface area contributed by atoms with Crippen LogP contribution in [-0.2, 0) is 19.0 Å². The fourth-order valence-electron chi connectivity index (χ4n) is 6.85. The zero-order chi connectivity index (χ0) is 41.6. The molecule has 0 saturated carbocycles. The number of hydrogen-bond acceptors (Lipinski definition) is 14. The molecule has 0 aliphatic carbocycles. The molecule has 1 aliphatic rings. The van der Waals surface area contributed by atoms with Gasteiger partial charge in [0.1, 0.15) is 49.3 Å². The summed E-state index contributed by atoms with van der Waals surface area (Å²) < 4.78 is 17.0. The minimum atomic E-state index is -1.71. The third-order valence-corrected chi connectivity index (χ3v) is 10.9. The second-order valence-corrected chi connectivity index (χ2v) is 15.9. The van der Waals surface area contributed by atoms with Crippen molar-refractivity contribution in [3.63, 3.8) is 0 Å². The van der Waals surface area contributed by atoms with Crippen LogP contribution in [0.5, 0.6) is 0 Å². The maximum absolute atomic E-state index is 12.5. The molecule has 0 bridgehead atoms. The first kappa shape index (κ1) is 50.2. The van der Waals surface area contributed by atoms with Crippen molar-refractivity contribution in [3.05, 3.63) is 34.9 Å². The first-order valence-electron chi connectivity index (χ1n) is 19.3. The van der Waals surface area contributed by atoms with Crippen molar-refractivity contribution in [3.8, 4) is 0 Å². The van der Waals surface area contributed by atoms with Crippen LogP contribution in [-0.4, -0.2) is 144 Å². The molecule has 316 valence electrons. The highest BCUT2D eigenvalue weighted by molar-refractivity contribution is 5.87. The maximum Gasteiger partial charge on any atom is 0.333 e. The number of carbonyl (C=O) groups is 1. The lowest BCUT2D eigenvalue weighted by Crippen LogP contribution is -2.60. The number of aliphatic hydroxyl groups excluding tert-OH is 10. The molecule has 0 amide bonds. The average Bonchev–Trinajstić information content (AvgIpc) is 3.14. The molecule has 0 aromatic carbocycles. The molecule has 1 rings (SSSR count). The SMILES string of the molecule is CCC(C)C(C)CC(C)CC(OC1OC(CO)C(O)C(O)C1O)C(C)/C=C(\C)C(O)C(C)/C=C(\C)C(O)C(C)/C=C(\C)C(=O)OCC(O)C(O)C(O)CO. The fourth-order valence-corrected chi connectivity index (χ4v) is 6.85. The Morgan fingerprint density at radius 3 is 1.78 bits per heavy atom. The molecule has 17 atom stereocenters. The van der Waals surface area contributed by atoms with E-state index in [0.29, 0.717) is 29.4 Å². The van der Waals surface area contributed by atoms with Gasteiger partial charge in [-0.1, -0.05) is 73.1 Å². The first-order chi connectivity index (χ1) is 25.1. The number of esters is 1. The van der Waals surface area contributed by atoms with Crippen LogP contribution in [0.3, 0.4) is 0 Å². The Labute approximate surface area is 321 Å². The quantitative estimate of drug-likeness (QED) is 0.0400. The Morgan fingerprint density at radius 2 is 1.26 bits per heavy atom. The lowest BCUT2D eigenvalue weighted by Gasteiger charge is -2.42. The summed E-state index contributed by atoms with van der Waals surface area (Å²) in [5, 5.41) is 101. The summed E-state index contributed by atoms with van der Waals surface area (Å²) in [4.78, 5) is 12.5. The highest BCUT2D eigenvalue weighted by atomic mass is 16.7. The molecule has 10 N–H and O–H groups in total. The van der Waals surface area contributed by atoms with Gasteiger partial charge < -0.3 is 65.3 Å². The molecule has 14 nitrogen and oxygen atoms in total. The van der Waals surface area contributed by atoms with Gasteiger partial charge in [0.15, 0.2) is 6.29 Å². The van der Waals surface area contributed by atoms with Crippen LogP contribution in [0.2, 0.25) is 0 Å². The van der Waals surface area contributed by atoms with Crippen LogP contribution in [0.15, 0.2) is 34.9 Å². The van der Waals surface area contributed by atoms with Crippen LogP contribution in [0.1, 0.15) is 88.5 Å². The molecule has 1 heterocycles. The molecule has 0 aromatic rings. The molecule has 0 spiro atoms. The van der Waals surface area contributed by atoms with E-state index in [1.165, 1.54) is 13.0 Å². The van der Waals surface area contributed by atoms with Gasteiger partial charge >= 0.3 is 5.97 Å². The van der Waals surface area contributed by atoms with Gasteiger partial charge in [-0.05, 0) is 62.5 Å². The standard InChI is InChI=1S/C40H72O14/c1-11-21(3)22(4)12-20(2)13-31(53-40-38(50)37(49)36(48)32(18-42)54-40)23(5)14-24(6)33(45)25(7)15-26(8)34(46)27(9)16-28(10)39(51)52-19-30(44)35(47)29(43)17-41/h14-16,20-23,25,27,29-38,40-50H,11-13,17-19H2,1-10H3/b24-14+,26-15+,28-16+. The second-order valence-electron chi connectivity index (χ2n) is 15.9. The lowest BCUT2D eigenvalue weighted by molar-refractivity contribution is -0.314. The van der Waals surface area contributed by atoms with E-state index in [1.54, 1.807) is 33.8 Å². The number of carbonyl (C=O) groups excluding carboxylic acids is 1.